The highest BCUT2D eigenvalue weighted by Gasteiger charge is 1.95. The highest BCUT2D eigenvalue weighted by atomic mass is 14.0. The van der Waals surface area contributed by atoms with Gasteiger partial charge in [-0.05, 0) is 36.8 Å². The first-order chi connectivity index (χ1) is 9.63. The maximum atomic E-state index is 2.23. The molecule has 0 saturated carbocycles. The summed E-state index contributed by atoms with van der Waals surface area (Å²) in [4.78, 5) is 0. The van der Waals surface area contributed by atoms with Crippen molar-refractivity contribution in [1.82, 2.24) is 0 Å². The van der Waals surface area contributed by atoms with Crippen molar-refractivity contribution in [3.63, 3.8) is 0 Å². The average molecular weight is 268 g/mol. The van der Waals surface area contributed by atoms with Gasteiger partial charge in [0.05, 0.1) is 0 Å². The number of hydrogen-bond donors (Lipinski definition) is 0. The molecule has 0 fully saturated rings. The van der Waals surface area contributed by atoms with Crippen molar-refractivity contribution >= 4 is 0 Å². The minimum atomic E-state index is 0.653. The molecule has 0 aromatic heterocycles. The van der Waals surface area contributed by atoms with E-state index in [0.29, 0.717) is 5.92 Å². The highest BCUT2D eigenvalue weighted by Crippen LogP contribution is 2.13. The molecule has 0 radical (unpaired) electrons. The molecule has 0 heteroatoms. The fourth-order valence-corrected chi connectivity index (χ4v) is 1.98. The lowest BCUT2D eigenvalue weighted by Crippen LogP contribution is -1.85. The Bertz CT molecular complexity index is 451. The lowest BCUT2D eigenvalue weighted by molar-refractivity contribution is 0.795. The third-order valence-electron chi connectivity index (χ3n) is 3.41. The quantitative estimate of drug-likeness (QED) is 0.624. The molecule has 2 rings (SSSR count). The zero-order valence-electron chi connectivity index (χ0n) is 13.4. The van der Waals surface area contributed by atoms with Crippen LogP contribution in [0.5, 0.6) is 0 Å². The van der Waals surface area contributed by atoms with E-state index in [9.17, 15) is 0 Å². The molecule has 2 aromatic carbocycles. The minimum absolute atomic E-state index is 0.653. The van der Waals surface area contributed by atoms with Crippen LogP contribution in [0.25, 0.3) is 0 Å². The van der Waals surface area contributed by atoms with E-state index in [-0.39, 0.29) is 0 Å². The monoisotopic (exact) mass is 268 g/mol. The summed E-state index contributed by atoms with van der Waals surface area (Å²) in [7, 11) is 0. The van der Waals surface area contributed by atoms with Crippen molar-refractivity contribution in [3.05, 3.63) is 71.3 Å². The van der Waals surface area contributed by atoms with Crippen molar-refractivity contribution in [2.75, 3.05) is 0 Å². The molecule has 2 aromatic rings. The Morgan fingerprint density at radius 1 is 0.850 bits per heavy atom. The summed E-state index contributed by atoms with van der Waals surface area (Å²) < 4.78 is 0. The average Bonchev–Trinajstić information content (AvgIpc) is 2.47. The van der Waals surface area contributed by atoms with Crippen LogP contribution >= 0.6 is 0 Å². The predicted octanol–water partition coefficient (Wildman–Crippen LogP) is 6.15. The lowest BCUT2D eigenvalue weighted by atomic mass is 10.0. The molecule has 0 nitrogen and oxygen atoms in total. The SMILES string of the molecule is CCCCc1ccccc1.Cc1ccc(C(C)C)cc1. The van der Waals surface area contributed by atoms with Gasteiger partial charge in [0.15, 0.2) is 0 Å². The Labute approximate surface area is 124 Å². The van der Waals surface area contributed by atoms with Crippen LogP contribution in [0, 0.1) is 6.92 Å². The molecule has 20 heavy (non-hydrogen) atoms. The standard InChI is InChI=1S/2C10H14/c1-8(2)10-6-4-9(3)5-7-10;1-2-3-7-10-8-5-4-6-9-10/h4-8H,1-3H3;4-6,8-9H,2-3,7H2,1H3. The Balaban J connectivity index is 0.000000200. The number of hydrogen-bond acceptors (Lipinski definition) is 0. The first-order valence-corrected chi connectivity index (χ1v) is 7.74. The molecule has 0 amide bonds. The smallest absolute Gasteiger partial charge is 0.0219 e. The van der Waals surface area contributed by atoms with E-state index in [1.165, 1.54) is 36.0 Å². The van der Waals surface area contributed by atoms with Crippen molar-refractivity contribution in [2.45, 2.75) is 52.9 Å². The summed E-state index contributed by atoms with van der Waals surface area (Å²) in [6.45, 7) is 8.77. The summed E-state index contributed by atoms with van der Waals surface area (Å²) in [5.74, 6) is 0.653. The van der Waals surface area contributed by atoms with Gasteiger partial charge in [0.25, 0.3) is 0 Å². The number of benzene rings is 2. The molecule has 0 atom stereocenters. The lowest BCUT2D eigenvalue weighted by Gasteiger charge is -2.03. The summed E-state index contributed by atoms with van der Waals surface area (Å²) in [6, 6.07) is 19.4. The van der Waals surface area contributed by atoms with Gasteiger partial charge in [0.1, 0.15) is 0 Å². The van der Waals surface area contributed by atoms with Crippen LogP contribution in [0.1, 0.15) is 56.2 Å². The third-order valence-corrected chi connectivity index (χ3v) is 3.41. The van der Waals surface area contributed by atoms with E-state index in [1.807, 2.05) is 0 Å². The van der Waals surface area contributed by atoms with Crippen LogP contribution in [-0.4, -0.2) is 0 Å². The summed E-state index contributed by atoms with van der Waals surface area (Å²) >= 11 is 0. The van der Waals surface area contributed by atoms with E-state index in [2.05, 4.69) is 82.3 Å². The van der Waals surface area contributed by atoms with Gasteiger partial charge in [-0.3, -0.25) is 0 Å². The molecular weight excluding hydrogens is 240 g/mol. The van der Waals surface area contributed by atoms with Gasteiger partial charge >= 0.3 is 0 Å². The van der Waals surface area contributed by atoms with Gasteiger partial charge in [0, 0.05) is 0 Å². The molecule has 0 bridgehead atoms. The van der Waals surface area contributed by atoms with E-state index in [4.69, 9.17) is 0 Å². The van der Waals surface area contributed by atoms with Crippen molar-refractivity contribution in [3.8, 4) is 0 Å². The van der Waals surface area contributed by atoms with Gasteiger partial charge < -0.3 is 0 Å². The molecule has 0 aliphatic rings. The summed E-state index contributed by atoms with van der Waals surface area (Å²) in [5.41, 5.74) is 4.22. The maximum Gasteiger partial charge on any atom is -0.0219 e. The molecular formula is C20H28. The van der Waals surface area contributed by atoms with E-state index < -0.39 is 0 Å². The van der Waals surface area contributed by atoms with E-state index in [0.717, 1.165) is 0 Å². The maximum absolute atomic E-state index is 2.23. The van der Waals surface area contributed by atoms with Crippen molar-refractivity contribution in [1.29, 1.82) is 0 Å². The molecule has 0 spiro atoms. The van der Waals surface area contributed by atoms with Crippen molar-refractivity contribution < 1.29 is 0 Å². The molecule has 0 aliphatic heterocycles. The Morgan fingerprint density at radius 3 is 1.95 bits per heavy atom. The molecule has 0 unspecified atom stereocenters. The number of unbranched alkanes of at least 4 members (excludes halogenated alkanes) is 1. The van der Waals surface area contributed by atoms with Crippen LogP contribution in [0.4, 0.5) is 0 Å². The zero-order chi connectivity index (χ0) is 14.8. The van der Waals surface area contributed by atoms with Crippen molar-refractivity contribution in [2.24, 2.45) is 0 Å². The fraction of sp³-hybridized carbons (Fsp3) is 0.400. The number of aryl methyl sites for hydroxylation is 2. The first kappa shape index (κ1) is 16.5. The third kappa shape index (κ3) is 6.56. The number of rotatable bonds is 4. The zero-order valence-corrected chi connectivity index (χ0v) is 13.4. The van der Waals surface area contributed by atoms with Gasteiger partial charge in [-0.25, -0.2) is 0 Å². The molecule has 0 saturated heterocycles. The highest BCUT2D eigenvalue weighted by molar-refractivity contribution is 5.23. The van der Waals surface area contributed by atoms with Crippen LogP contribution < -0.4 is 0 Å². The van der Waals surface area contributed by atoms with Crippen LogP contribution in [0.2, 0.25) is 0 Å². The predicted molar refractivity (Wildman–Crippen MR) is 90.3 cm³/mol. The Kier molecular flexibility index (Phi) is 7.72. The van der Waals surface area contributed by atoms with E-state index in [1.54, 1.807) is 0 Å². The van der Waals surface area contributed by atoms with Crippen LogP contribution in [0.15, 0.2) is 54.6 Å². The molecule has 0 N–H and O–H groups in total. The van der Waals surface area contributed by atoms with Gasteiger partial charge in [-0.2, -0.15) is 0 Å². The van der Waals surface area contributed by atoms with Gasteiger partial charge in [-0.15, -0.1) is 0 Å². The molecule has 108 valence electrons. The second-order valence-corrected chi connectivity index (χ2v) is 5.65. The molecule has 0 aliphatic carbocycles. The largest absolute Gasteiger partial charge is 0.0654 e. The Hall–Kier alpha value is -1.56. The minimum Gasteiger partial charge on any atom is -0.0654 e. The molecule has 0 heterocycles. The van der Waals surface area contributed by atoms with Gasteiger partial charge in [-0.1, -0.05) is 87.4 Å². The van der Waals surface area contributed by atoms with E-state index >= 15 is 0 Å². The Morgan fingerprint density at radius 2 is 1.45 bits per heavy atom. The second-order valence-electron chi connectivity index (χ2n) is 5.65. The first-order valence-electron chi connectivity index (χ1n) is 7.74. The fourth-order valence-electron chi connectivity index (χ4n) is 1.98. The van der Waals surface area contributed by atoms with Gasteiger partial charge in [0.2, 0.25) is 0 Å². The topological polar surface area (TPSA) is 0 Å². The summed E-state index contributed by atoms with van der Waals surface area (Å²) in [6.07, 6.45) is 3.83. The normalized spacial score (nSPS) is 10.1. The second kappa shape index (κ2) is 9.36. The van der Waals surface area contributed by atoms with Crippen LogP contribution in [-0.2, 0) is 6.42 Å². The summed E-state index contributed by atoms with van der Waals surface area (Å²) in [5, 5.41) is 0. The van der Waals surface area contributed by atoms with Crippen LogP contribution in [0.3, 0.4) is 0 Å².